The quantitative estimate of drug-likeness (QED) is 0.574. The molecule has 0 spiro atoms. The van der Waals surface area contributed by atoms with Crippen LogP contribution in [0, 0.1) is 6.92 Å². The highest BCUT2D eigenvalue weighted by molar-refractivity contribution is 7.09. The van der Waals surface area contributed by atoms with Gasteiger partial charge in [0.2, 0.25) is 5.91 Å². The van der Waals surface area contributed by atoms with Crippen LogP contribution in [0.3, 0.4) is 0 Å². The maximum Gasteiger partial charge on any atom is 0.228 e. The molecule has 134 valence electrons. The minimum Gasteiger partial charge on any atom is -0.324 e. The molecule has 0 radical (unpaired) electrons. The summed E-state index contributed by atoms with van der Waals surface area (Å²) in [6.45, 7) is 1.99. The third-order valence-electron chi connectivity index (χ3n) is 4.00. The summed E-state index contributed by atoms with van der Waals surface area (Å²) in [6.07, 6.45) is 5.44. The average molecular weight is 375 g/mol. The van der Waals surface area contributed by atoms with Crippen molar-refractivity contribution in [3.63, 3.8) is 0 Å². The van der Waals surface area contributed by atoms with E-state index in [9.17, 15) is 4.79 Å². The van der Waals surface area contributed by atoms with Gasteiger partial charge in [-0.2, -0.15) is 5.10 Å². The number of carbonyl (C=O) groups excluding carboxylic acids is 1. The zero-order valence-electron chi connectivity index (χ0n) is 14.7. The number of carbonyl (C=O) groups is 1. The molecule has 0 fully saturated rings. The molecule has 1 N–H and O–H groups in total. The Morgan fingerprint density at radius 3 is 2.67 bits per heavy atom. The number of hydrogen-bond donors (Lipinski definition) is 1. The molecule has 4 rings (SSSR count). The first-order valence-corrected chi connectivity index (χ1v) is 9.33. The van der Waals surface area contributed by atoms with E-state index in [1.54, 1.807) is 28.4 Å². The van der Waals surface area contributed by atoms with E-state index in [1.807, 2.05) is 61.0 Å². The minimum atomic E-state index is -0.0825. The second-order valence-corrected chi connectivity index (χ2v) is 7.09. The van der Waals surface area contributed by atoms with Crippen molar-refractivity contribution in [1.82, 2.24) is 19.7 Å². The van der Waals surface area contributed by atoms with Crippen LogP contribution >= 0.6 is 11.3 Å². The van der Waals surface area contributed by atoms with Crippen LogP contribution in [0.4, 0.5) is 5.69 Å². The summed E-state index contributed by atoms with van der Waals surface area (Å²) in [5.41, 5.74) is 3.63. The van der Waals surface area contributed by atoms with Crippen molar-refractivity contribution in [2.45, 2.75) is 13.3 Å². The normalized spacial score (nSPS) is 10.7. The first kappa shape index (κ1) is 17.1. The SMILES string of the molecule is Cc1nc(-c2ccc(CC(=O)Nc3ccc(-n4cccn4)nc3)cc2)cs1. The molecule has 7 heteroatoms. The molecular weight excluding hydrogens is 358 g/mol. The Balaban J connectivity index is 1.37. The maximum atomic E-state index is 12.3. The molecule has 6 nitrogen and oxygen atoms in total. The second-order valence-electron chi connectivity index (χ2n) is 6.03. The number of thiazole rings is 1. The molecule has 1 amide bonds. The average Bonchev–Trinajstić information content (AvgIpc) is 3.35. The van der Waals surface area contributed by atoms with Gasteiger partial charge in [0.05, 0.1) is 29.0 Å². The van der Waals surface area contributed by atoms with Crippen molar-refractivity contribution >= 4 is 22.9 Å². The highest BCUT2D eigenvalue weighted by Gasteiger charge is 2.07. The summed E-state index contributed by atoms with van der Waals surface area (Å²) in [7, 11) is 0. The zero-order valence-corrected chi connectivity index (χ0v) is 15.5. The van der Waals surface area contributed by atoms with Crippen LogP contribution in [-0.4, -0.2) is 25.7 Å². The van der Waals surface area contributed by atoms with Crippen molar-refractivity contribution < 1.29 is 4.79 Å². The number of aromatic nitrogens is 4. The van der Waals surface area contributed by atoms with E-state index in [-0.39, 0.29) is 5.91 Å². The van der Waals surface area contributed by atoms with Crippen LogP contribution < -0.4 is 5.32 Å². The van der Waals surface area contributed by atoms with Gasteiger partial charge in [0.15, 0.2) is 5.82 Å². The number of anilines is 1. The number of nitrogens with one attached hydrogen (secondary N) is 1. The molecule has 0 bridgehead atoms. The predicted octanol–water partition coefficient (Wildman–Crippen LogP) is 3.88. The Hall–Kier alpha value is -3.32. The number of nitrogens with zero attached hydrogens (tertiary/aromatic N) is 4. The van der Waals surface area contributed by atoms with Gasteiger partial charge < -0.3 is 5.32 Å². The lowest BCUT2D eigenvalue weighted by molar-refractivity contribution is -0.115. The summed E-state index contributed by atoms with van der Waals surface area (Å²) < 4.78 is 1.66. The number of hydrogen-bond acceptors (Lipinski definition) is 5. The smallest absolute Gasteiger partial charge is 0.228 e. The molecule has 0 aliphatic rings. The van der Waals surface area contributed by atoms with Gasteiger partial charge in [-0.3, -0.25) is 4.79 Å². The van der Waals surface area contributed by atoms with Gasteiger partial charge in [-0.05, 0) is 30.7 Å². The summed E-state index contributed by atoms with van der Waals surface area (Å²) in [4.78, 5) is 21.1. The van der Waals surface area contributed by atoms with Gasteiger partial charge in [0.25, 0.3) is 0 Å². The van der Waals surface area contributed by atoms with Gasteiger partial charge in [0, 0.05) is 23.3 Å². The third kappa shape index (κ3) is 4.09. The summed E-state index contributed by atoms with van der Waals surface area (Å²) in [6, 6.07) is 13.4. The van der Waals surface area contributed by atoms with E-state index in [0.717, 1.165) is 21.8 Å². The lowest BCUT2D eigenvalue weighted by Gasteiger charge is -2.07. The van der Waals surface area contributed by atoms with Crippen LogP contribution in [0.1, 0.15) is 10.6 Å². The third-order valence-corrected chi connectivity index (χ3v) is 4.78. The lowest BCUT2D eigenvalue weighted by Crippen LogP contribution is -2.14. The van der Waals surface area contributed by atoms with Crippen LogP contribution in [0.25, 0.3) is 17.1 Å². The molecule has 0 aliphatic carbocycles. The Morgan fingerprint density at radius 2 is 2.04 bits per heavy atom. The van der Waals surface area contributed by atoms with Crippen molar-refractivity contribution in [2.24, 2.45) is 0 Å². The number of aryl methyl sites for hydroxylation is 1. The molecule has 27 heavy (non-hydrogen) atoms. The highest BCUT2D eigenvalue weighted by Crippen LogP contribution is 2.22. The van der Waals surface area contributed by atoms with Gasteiger partial charge in [-0.1, -0.05) is 24.3 Å². The van der Waals surface area contributed by atoms with Crippen molar-refractivity contribution in [3.05, 3.63) is 77.0 Å². The van der Waals surface area contributed by atoms with Gasteiger partial charge in [-0.25, -0.2) is 14.6 Å². The Bertz CT molecular complexity index is 1040. The minimum absolute atomic E-state index is 0.0825. The lowest BCUT2D eigenvalue weighted by atomic mass is 10.1. The number of rotatable bonds is 5. The molecular formula is C20H17N5OS. The number of amides is 1. The fourth-order valence-corrected chi connectivity index (χ4v) is 3.30. The molecule has 0 saturated carbocycles. The van der Waals surface area contributed by atoms with E-state index in [4.69, 9.17) is 0 Å². The maximum absolute atomic E-state index is 12.3. The van der Waals surface area contributed by atoms with Crippen molar-refractivity contribution in [1.29, 1.82) is 0 Å². The van der Waals surface area contributed by atoms with E-state index < -0.39 is 0 Å². The zero-order chi connectivity index (χ0) is 18.6. The predicted molar refractivity (Wildman–Crippen MR) is 106 cm³/mol. The molecule has 4 aromatic rings. The topological polar surface area (TPSA) is 72.7 Å². The molecule has 0 unspecified atom stereocenters. The van der Waals surface area contributed by atoms with Gasteiger partial charge >= 0.3 is 0 Å². The molecule has 0 saturated heterocycles. The van der Waals surface area contributed by atoms with Crippen LogP contribution in [-0.2, 0) is 11.2 Å². The molecule has 0 atom stereocenters. The largest absolute Gasteiger partial charge is 0.324 e. The Kier molecular flexibility index (Phi) is 4.76. The van der Waals surface area contributed by atoms with Crippen LogP contribution in [0.2, 0.25) is 0 Å². The molecule has 0 aliphatic heterocycles. The summed E-state index contributed by atoms with van der Waals surface area (Å²) in [5.74, 6) is 0.617. The van der Waals surface area contributed by atoms with E-state index in [2.05, 4.69) is 20.4 Å². The van der Waals surface area contributed by atoms with Gasteiger partial charge in [0.1, 0.15) is 0 Å². The van der Waals surface area contributed by atoms with E-state index in [1.165, 1.54) is 0 Å². The van der Waals surface area contributed by atoms with Gasteiger partial charge in [-0.15, -0.1) is 11.3 Å². The summed E-state index contributed by atoms with van der Waals surface area (Å²) >= 11 is 1.63. The van der Waals surface area contributed by atoms with E-state index in [0.29, 0.717) is 17.9 Å². The van der Waals surface area contributed by atoms with Crippen molar-refractivity contribution in [2.75, 3.05) is 5.32 Å². The second kappa shape index (κ2) is 7.51. The summed E-state index contributed by atoms with van der Waals surface area (Å²) in [5, 5.41) is 10.1. The standard InChI is InChI=1S/C20H17N5OS/c1-14-23-18(13-27-14)16-5-3-15(4-6-16)11-20(26)24-17-7-8-19(21-12-17)25-10-2-9-22-25/h2-10,12-13H,11H2,1H3,(H,24,26). The molecule has 1 aromatic carbocycles. The van der Waals surface area contributed by atoms with Crippen LogP contribution in [0.15, 0.2) is 66.4 Å². The first-order chi connectivity index (χ1) is 13.2. The van der Waals surface area contributed by atoms with Crippen molar-refractivity contribution in [3.8, 4) is 17.1 Å². The first-order valence-electron chi connectivity index (χ1n) is 8.45. The molecule has 3 aromatic heterocycles. The fourth-order valence-electron chi connectivity index (χ4n) is 2.68. The number of pyridine rings is 1. The van der Waals surface area contributed by atoms with E-state index >= 15 is 0 Å². The highest BCUT2D eigenvalue weighted by atomic mass is 32.1. The number of benzene rings is 1. The Morgan fingerprint density at radius 1 is 1.19 bits per heavy atom. The van der Waals surface area contributed by atoms with Crippen LogP contribution in [0.5, 0.6) is 0 Å². The molecule has 3 heterocycles. The fraction of sp³-hybridized carbons (Fsp3) is 0.100. The monoisotopic (exact) mass is 375 g/mol. The Labute approximate surface area is 160 Å².